The first-order valence-corrected chi connectivity index (χ1v) is 7.73. The highest BCUT2D eigenvalue weighted by atomic mass is 16.7. The fraction of sp³-hybridized carbons (Fsp3) is 0.471. The summed E-state index contributed by atoms with van der Waals surface area (Å²) in [4.78, 5) is 11.7. The average molecular weight is 305 g/mol. The van der Waals surface area contributed by atoms with Crippen LogP contribution >= 0.6 is 0 Å². The summed E-state index contributed by atoms with van der Waals surface area (Å²) in [6.07, 6.45) is 6.34. The predicted molar refractivity (Wildman–Crippen MR) is 85.0 cm³/mol. The number of hydrogen-bond donors (Lipinski definition) is 1. The lowest BCUT2D eigenvalue weighted by atomic mass is 10.2. The minimum atomic E-state index is -0.105. The second kappa shape index (κ2) is 9.10. The maximum Gasteiger partial charge on any atom is 0.244 e. The number of rotatable bonds is 9. The Morgan fingerprint density at radius 1 is 1.27 bits per heavy atom. The van der Waals surface area contributed by atoms with Gasteiger partial charge in [0.15, 0.2) is 11.5 Å². The zero-order valence-electron chi connectivity index (χ0n) is 13.0. The third-order valence-electron chi connectivity index (χ3n) is 3.23. The molecule has 0 spiro atoms. The van der Waals surface area contributed by atoms with E-state index in [0.29, 0.717) is 18.9 Å². The molecule has 1 N–H and O–H groups in total. The van der Waals surface area contributed by atoms with Crippen molar-refractivity contribution >= 4 is 12.0 Å². The SMILES string of the molecule is CCCCOCCCNC(=O)C=Cc1ccc2c(c1)OCO2. The van der Waals surface area contributed by atoms with Crippen LogP contribution in [-0.4, -0.2) is 32.5 Å². The van der Waals surface area contributed by atoms with E-state index in [2.05, 4.69) is 12.2 Å². The molecule has 0 aliphatic carbocycles. The average Bonchev–Trinajstić information content (AvgIpc) is 2.99. The van der Waals surface area contributed by atoms with Crippen LogP contribution in [0.2, 0.25) is 0 Å². The topological polar surface area (TPSA) is 56.8 Å². The Labute approximate surface area is 131 Å². The quantitative estimate of drug-likeness (QED) is 0.563. The zero-order chi connectivity index (χ0) is 15.6. The van der Waals surface area contributed by atoms with E-state index in [0.717, 1.165) is 37.2 Å². The standard InChI is InChI=1S/C17H23NO4/c1-2-3-10-20-11-4-9-18-17(19)8-6-14-5-7-15-16(12-14)22-13-21-15/h5-8,12H,2-4,9-11,13H2,1H3,(H,18,19). The molecule has 0 saturated carbocycles. The molecule has 1 aliphatic rings. The molecular formula is C17H23NO4. The number of carbonyl (C=O) groups excluding carboxylic acids is 1. The highest BCUT2D eigenvalue weighted by molar-refractivity contribution is 5.91. The van der Waals surface area contributed by atoms with Crippen molar-refractivity contribution in [1.29, 1.82) is 0 Å². The van der Waals surface area contributed by atoms with Crippen molar-refractivity contribution in [3.05, 3.63) is 29.8 Å². The van der Waals surface area contributed by atoms with Gasteiger partial charge < -0.3 is 19.5 Å². The van der Waals surface area contributed by atoms with Gasteiger partial charge in [-0.15, -0.1) is 0 Å². The Balaban J connectivity index is 1.64. The van der Waals surface area contributed by atoms with E-state index in [1.165, 1.54) is 6.08 Å². The van der Waals surface area contributed by atoms with Crippen LogP contribution in [-0.2, 0) is 9.53 Å². The van der Waals surface area contributed by atoms with Crippen LogP contribution < -0.4 is 14.8 Å². The lowest BCUT2D eigenvalue weighted by Crippen LogP contribution is -2.23. The molecule has 0 aromatic heterocycles. The van der Waals surface area contributed by atoms with E-state index in [9.17, 15) is 4.79 Å². The summed E-state index contributed by atoms with van der Waals surface area (Å²) in [5, 5.41) is 2.83. The molecule has 1 aromatic rings. The Hall–Kier alpha value is -2.01. The van der Waals surface area contributed by atoms with E-state index >= 15 is 0 Å². The summed E-state index contributed by atoms with van der Waals surface area (Å²) in [5.74, 6) is 1.35. The van der Waals surface area contributed by atoms with Crippen molar-refractivity contribution < 1.29 is 19.0 Å². The number of carbonyl (C=O) groups is 1. The number of benzene rings is 1. The molecule has 0 unspecified atom stereocenters. The smallest absolute Gasteiger partial charge is 0.244 e. The van der Waals surface area contributed by atoms with Crippen LogP contribution in [0.25, 0.3) is 6.08 Å². The van der Waals surface area contributed by atoms with E-state index in [4.69, 9.17) is 14.2 Å². The molecule has 1 aromatic carbocycles. The first-order chi connectivity index (χ1) is 10.8. The molecule has 1 heterocycles. The van der Waals surface area contributed by atoms with Gasteiger partial charge in [0.25, 0.3) is 0 Å². The van der Waals surface area contributed by atoms with E-state index < -0.39 is 0 Å². The second-order valence-corrected chi connectivity index (χ2v) is 5.06. The van der Waals surface area contributed by atoms with Gasteiger partial charge in [0.1, 0.15) is 0 Å². The molecule has 2 rings (SSSR count). The summed E-state index contributed by atoms with van der Waals surface area (Å²) in [6.45, 7) is 4.50. The minimum Gasteiger partial charge on any atom is -0.454 e. The van der Waals surface area contributed by atoms with Crippen LogP contribution in [0.4, 0.5) is 0 Å². The summed E-state index contributed by atoms with van der Waals surface area (Å²) >= 11 is 0. The van der Waals surface area contributed by atoms with Crippen molar-refractivity contribution in [2.45, 2.75) is 26.2 Å². The summed E-state index contributed by atoms with van der Waals surface area (Å²) in [7, 11) is 0. The lowest BCUT2D eigenvalue weighted by molar-refractivity contribution is -0.116. The molecule has 0 fully saturated rings. The molecular weight excluding hydrogens is 282 g/mol. The molecule has 0 saturated heterocycles. The number of ether oxygens (including phenoxy) is 3. The van der Waals surface area contributed by atoms with Gasteiger partial charge in [-0.25, -0.2) is 0 Å². The van der Waals surface area contributed by atoms with E-state index in [1.54, 1.807) is 6.08 Å². The number of nitrogens with one attached hydrogen (secondary N) is 1. The third kappa shape index (κ3) is 5.41. The molecule has 5 nitrogen and oxygen atoms in total. The lowest BCUT2D eigenvalue weighted by Gasteiger charge is -2.04. The van der Waals surface area contributed by atoms with Crippen molar-refractivity contribution in [2.75, 3.05) is 26.6 Å². The zero-order valence-corrected chi connectivity index (χ0v) is 13.0. The van der Waals surface area contributed by atoms with Gasteiger partial charge in [-0.1, -0.05) is 19.4 Å². The number of unbranched alkanes of at least 4 members (excludes halogenated alkanes) is 1. The maximum atomic E-state index is 11.7. The van der Waals surface area contributed by atoms with Gasteiger partial charge in [0, 0.05) is 25.8 Å². The van der Waals surface area contributed by atoms with Crippen molar-refractivity contribution in [1.82, 2.24) is 5.32 Å². The first kappa shape index (κ1) is 16.4. The van der Waals surface area contributed by atoms with Gasteiger partial charge in [0.2, 0.25) is 12.7 Å². The Morgan fingerprint density at radius 2 is 2.09 bits per heavy atom. The fourth-order valence-electron chi connectivity index (χ4n) is 1.98. The third-order valence-corrected chi connectivity index (χ3v) is 3.23. The highest BCUT2D eigenvalue weighted by Gasteiger charge is 2.12. The van der Waals surface area contributed by atoms with Crippen LogP contribution in [0.1, 0.15) is 31.7 Å². The van der Waals surface area contributed by atoms with E-state index in [1.807, 2.05) is 18.2 Å². The minimum absolute atomic E-state index is 0.105. The monoisotopic (exact) mass is 305 g/mol. The largest absolute Gasteiger partial charge is 0.454 e. The van der Waals surface area contributed by atoms with Gasteiger partial charge in [-0.2, -0.15) is 0 Å². The summed E-state index contributed by atoms with van der Waals surface area (Å²) < 4.78 is 16.0. The van der Waals surface area contributed by atoms with E-state index in [-0.39, 0.29) is 12.7 Å². The van der Waals surface area contributed by atoms with Crippen molar-refractivity contribution in [3.63, 3.8) is 0 Å². The van der Waals surface area contributed by atoms with Gasteiger partial charge in [-0.3, -0.25) is 4.79 Å². The molecule has 22 heavy (non-hydrogen) atoms. The Morgan fingerprint density at radius 3 is 2.95 bits per heavy atom. The molecule has 120 valence electrons. The molecule has 5 heteroatoms. The van der Waals surface area contributed by atoms with Crippen LogP contribution in [0.15, 0.2) is 24.3 Å². The number of fused-ring (bicyclic) bond motifs is 1. The van der Waals surface area contributed by atoms with Crippen LogP contribution in [0.5, 0.6) is 11.5 Å². The fourth-order valence-corrected chi connectivity index (χ4v) is 1.98. The van der Waals surface area contributed by atoms with Crippen molar-refractivity contribution in [3.8, 4) is 11.5 Å². The number of hydrogen-bond acceptors (Lipinski definition) is 4. The summed E-state index contributed by atoms with van der Waals surface area (Å²) in [6, 6.07) is 5.58. The molecule has 1 amide bonds. The van der Waals surface area contributed by atoms with Gasteiger partial charge in [0.05, 0.1) is 0 Å². The predicted octanol–water partition coefficient (Wildman–Crippen LogP) is 2.75. The van der Waals surface area contributed by atoms with Gasteiger partial charge in [-0.05, 0) is 36.6 Å². The molecule has 0 bridgehead atoms. The molecule has 0 atom stereocenters. The first-order valence-electron chi connectivity index (χ1n) is 7.73. The highest BCUT2D eigenvalue weighted by Crippen LogP contribution is 2.32. The Bertz CT molecular complexity index is 513. The normalized spacial score (nSPS) is 12.8. The van der Waals surface area contributed by atoms with Crippen LogP contribution in [0.3, 0.4) is 0 Å². The van der Waals surface area contributed by atoms with Crippen molar-refractivity contribution in [2.24, 2.45) is 0 Å². The second-order valence-electron chi connectivity index (χ2n) is 5.06. The molecule has 1 aliphatic heterocycles. The van der Waals surface area contributed by atoms with Gasteiger partial charge >= 0.3 is 0 Å². The summed E-state index contributed by atoms with van der Waals surface area (Å²) in [5.41, 5.74) is 0.905. The Kier molecular flexibility index (Phi) is 6.77. The molecule has 0 radical (unpaired) electrons. The van der Waals surface area contributed by atoms with Crippen LogP contribution in [0, 0.1) is 0 Å². The number of amides is 1. The maximum absolute atomic E-state index is 11.7.